The molecule has 0 unspecified atom stereocenters. The van der Waals surface area contributed by atoms with Crippen molar-refractivity contribution in [1.29, 1.82) is 0 Å². The van der Waals surface area contributed by atoms with Crippen LogP contribution in [-0.2, 0) is 0 Å². The third-order valence-electron chi connectivity index (χ3n) is 5.51. The van der Waals surface area contributed by atoms with Crippen LogP contribution < -0.4 is 11.1 Å². The number of hydrogen-bond donors (Lipinski definition) is 3. The minimum absolute atomic E-state index is 0.216. The van der Waals surface area contributed by atoms with Crippen LogP contribution in [0.3, 0.4) is 0 Å². The van der Waals surface area contributed by atoms with Gasteiger partial charge in [-0.25, -0.2) is 0 Å². The van der Waals surface area contributed by atoms with Crippen molar-refractivity contribution < 1.29 is 9.90 Å². The van der Waals surface area contributed by atoms with Crippen LogP contribution in [0.4, 0.5) is 5.69 Å². The average Bonchev–Trinajstić information content (AvgIpc) is 2.76. The summed E-state index contributed by atoms with van der Waals surface area (Å²) in [6, 6.07) is 24.6. The molecule has 154 valence electrons. The molecule has 1 fully saturated rings. The second-order valence-electron chi connectivity index (χ2n) is 7.69. The number of nitrogens with two attached hydrogens (primary N) is 1. The maximum absolute atomic E-state index is 12.0. The lowest BCUT2D eigenvalue weighted by atomic mass is 9.92. The van der Waals surface area contributed by atoms with Crippen LogP contribution in [0.15, 0.2) is 82.6 Å². The molecule has 4 N–H and O–H groups in total. The predicted molar refractivity (Wildman–Crippen MR) is 123 cm³/mol. The van der Waals surface area contributed by atoms with Gasteiger partial charge >= 0.3 is 0 Å². The van der Waals surface area contributed by atoms with E-state index in [1.165, 1.54) is 4.90 Å². The van der Waals surface area contributed by atoms with Crippen molar-refractivity contribution in [1.82, 2.24) is 0 Å². The van der Waals surface area contributed by atoms with Crippen molar-refractivity contribution in [3.8, 4) is 11.1 Å². The molecule has 0 aliphatic heterocycles. The number of carbonyl (C=O) groups is 1. The van der Waals surface area contributed by atoms with E-state index < -0.39 is 5.91 Å². The molecule has 0 aromatic heterocycles. The Bertz CT molecular complexity index is 1010. The minimum atomic E-state index is -0.438. The molecule has 1 amide bonds. The first-order valence-electron chi connectivity index (χ1n) is 10.3. The summed E-state index contributed by atoms with van der Waals surface area (Å²) in [6.45, 7) is 0. The zero-order valence-electron chi connectivity index (χ0n) is 16.8. The van der Waals surface area contributed by atoms with E-state index in [4.69, 9.17) is 5.73 Å². The Morgan fingerprint density at radius 2 is 1.63 bits per heavy atom. The predicted octanol–water partition coefficient (Wildman–Crippen LogP) is 5.32. The van der Waals surface area contributed by atoms with Gasteiger partial charge in [0.15, 0.2) is 0 Å². The van der Waals surface area contributed by atoms with Crippen molar-refractivity contribution in [3.05, 3.63) is 78.4 Å². The van der Waals surface area contributed by atoms with E-state index in [2.05, 4.69) is 29.6 Å². The van der Waals surface area contributed by atoms with E-state index in [0.717, 1.165) is 47.4 Å². The van der Waals surface area contributed by atoms with Crippen LogP contribution in [-0.4, -0.2) is 23.2 Å². The molecular formula is C25H26N2O2S. The second-order valence-corrected chi connectivity index (χ2v) is 8.80. The van der Waals surface area contributed by atoms with Crippen LogP contribution >= 0.6 is 11.8 Å². The number of rotatable bonds is 6. The van der Waals surface area contributed by atoms with Crippen molar-refractivity contribution in [2.45, 2.75) is 47.6 Å². The molecule has 4 nitrogen and oxygen atoms in total. The lowest BCUT2D eigenvalue weighted by molar-refractivity contribution is 0.100. The monoisotopic (exact) mass is 418 g/mol. The molecule has 0 bridgehead atoms. The molecule has 0 saturated heterocycles. The van der Waals surface area contributed by atoms with Gasteiger partial charge in [0.1, 0.15) is 0 Å². The summed E-state index contributed by atoms with van der Waals surface area (Å²) in [7, 11) is 0. The summed E-state index contributed by atoms with van der Waals surface area (Å²) < 4.78 is 0. The average molecular weight is 419 g/mol. The van der Waals surface area contributed by atoms with Crippen LogP contribution in [0.1, 0.15) is 36.0 Å². The van der Waals surface area contributed by atoms with Gasteiger partial charge in [-0.2, -0.15) is 0 Å². The van der Waals surface area contributed by atoms with Crippen molar-refractivity contribution in [3.63, 3.8) is 0 Å². The zero-order valence-corrected chi connectivity index (χ0v) is 17.6. The van der Waals surface area contributed by atoms with Gasteiger partial charge in [0.25, 0.3) is 5.91 Å². The van der Waals surface area contributed by atoms with Gasteiger partial charge in [-0.15, -0.1) is 0 Å². The summed E-state index contributed by atoms with van der Waals surface area (Å²) in [4.78, 5) is 14.3. The smallest absolute Gasteiger partial charge is 0.250 e. The normalized spacial score (nSPS) is 18.7. The quantitative estimate of drug-likeness (QED) is 0.506. The van der Waals surface area contributed by atoms with Gasteiger partial charge in [0, 0.05) is 21.5 Å². The van der Waals surface area contributed by atoms with Crippen molar-refractivity contribution >= 4 is 23.4 Å². The standard InChI is InChI=1S/C25H26N2O2S/c26-25(29)22-15-10-17(16-23(22)27-18-11-13-19(28)14-12-18)21-8-4-5-9-24(21)30-20-6-2-1-3-7-20/h1-10,15-16,18-19,27-28H,11-14H2,(H2,26,29). The molecule has 1 aliphatic carbocycles. The highest BCUT2D eigenvalue weighted by molar-refractivity contribution is 7.99. The summed E-state index contributed by atoms with van der Waals surface area (Å²) in [5.41, 5.74) is 9.06. The van der Waals surface area contributed by atoms with Crippen molar-refractivity contribution in [2.24, 2.45) is 5.73 Å². The molecular weight excluding hydrogens is 392 g/mol. The highest BCUT2D eigenvalue weighted by atomic mass is 32.2. The summed E-state index contributed by atoms with van der Waals surface area (Å²) in [5, 5.41) is 13.3. The van der Waals surface area contributed by atoms with E-state index in [1.807, 2.05) is 48.5 Å². The SMILES string of the molecule is NC(=O)c1ccc(-c2ccccc2Sc2ccccc2)cc1NC1CCC(O)CC1. The van der Waals surface area contributed by atoms with E-state index in [-0.39, 0.29) is 12.1 Å². The Balaban J connectivity index is 1.66. The Kier molecular flexibility index (Phi) is 6.41. The highest BCUT2D eigenvalue weighted by Gasteiger charge is 2.21. The Morgan fingerprint density at radius 3 is 2.37 bits per heavy atom. The topological polar surface area (TPSA) is 75.4 Å². The maximum atomic E-state index is 12.0. The number of hydrogen-bond acceptors (Lipinski definition) is 4. The number of carbonyl (C=O) groups excluding carboxylic acids is 1. The van der Waals surface area contributed by atoms with Gasteiger partial charge in [0.05, 0.1) is 11.7 Å². The number of aliphatic hydroxyl groups excluding tert-OH is 1. The molecule has 1 saturated carbocycles. The molecule has 5 heteroatoms. The molecule has 0 radical (unpaired) electrons. The molecule has 1 aliphatic rings. The van der Waals surface area contributed by atoms with Gasteiger partial charge in [0.2, 0.25) is 0 Å². The van der Waals surface area contributed by atoms with Gasteiger partial charge in [-0.05, 0) is 67.1 Å². The van der Waals surface area contributed by atoms with E-state index in [0.29, 0.717) is 5.56 Å². The van der Waals surface area contributed by atoms with Crippen LogP contribution in [0, 0.1) is 0 Å². The number of aliphatic hydroxyl groups is 1. The Labute approximate surface area is 181 Å². The largest absolute Gasteiger partial charge is 0.393 e. The van der Waals surface area contributed by atoms with Crippen LogP contribution in [0.2, 0.25) is 0 Å². The fraction of sp³-hybridized carbons (Fsp3) is 0.240. The third kappa shape index (κ3) is 4.86. The molecule has 0 heterocycles. The molecule has 4 rings (SSSR count). The number of anilines is 1. The molecule has 3 aromatic rings. The van der Waals surface area contributed by atoms with Gasteiger partial charge in [-0.1, -0.05) is 54.2 Å². The van der Waals surface area contributed by atoms with Gasteiger partial charge in [-0.3, -0.25) is 4.79 Å². The van der Waals surface area contributed by atoms with Crippen LogP contribution in [0.25, 0.3) is 11.1 Å². The number of amides is 1. The molecule has 30 heavy (non-hydrogen) atoms. The fourth-order valence-corrected chi connectivity index (χ4v) is 4.89. The van der Waals surface area contributed by atoms with Gasteiger partial charge < -0.3 is 16.2 Å². The molecule has 0 spiro atoms. The highest BCUT2D eigenvalue weighted by Crippen LogP contribution is 2.37. The van der Waals surface area contributed by atoms with E-state index in [9.17, 15) is 9.90 Å². The lowest BCUT2D eigenvalue weighted by Crippen LogP contribution is -2.29. The Morgan fingerprint density at radius 1 is 0.933 bits per heavy atom. The fourth-order valence-electron chi connectivity index (χ4n) is 3.90. The molecule has 3 aromatic carbocycles. The first-order valence-corrected chi connectivity index (χ1v) is 11.1. The minimum Gasteiger partial charge on any atom is -0.393 e. The second kappa shape index (κ2) is 9.37. The first-order chi connectivity index (χ1) is 14.6. The summed E-state index contributed by atoms with van der Waals surface area (Å²) >= 11 is 1.72. The number of benzene rings is 3. The zero-order chi connectivity index (χ0) is 20.9. The molecule has 0 atom stereocenters. The third-order valence-corrected chi connectivity index (χ3v) is 6.59. The number of primary amides is 1. The van der Waals surface area contributed by atoms with E-state index in [1.54, 1.807) is 11.8 Å². The Hall–Kier alpha value is -2.76. The summed E-state index contributed by atoms with van der Waals surface area (Å²) in [5.74, 6) is -0.438. The van der Waals surface area contributed by atoms with Crippen LogP contribution in [0.5, 0.6) is 0 Å². The summed E-state index contributed by atoms with van der Waals surface area (Å²) in [6.07, 6.45) is 3.10. The van der Waals surface area contributed by atoms with Crippen molar-refractivity contribution in [2.75, 3.05) is 5.32 Å². The van der Waals surface area contributed by atoms with E-state index >= 15 is 0 Å². The lowest BCUT2D eigenvalue weighted by Gasteiger charge is -2.28. The number of nitrogens with one attached hydrogen (secondary N) is 1. The first kappa shape index (κ1) is 20.5. The maximum Gasteiger partial charge on any atom is 0.250 e.